The Morgan fingerprint density at radius 2 is 1.81 bits per heavy atom. The summed E-state index contributed by atoms with van der Waals surface area (Å²) in [7, 11) is 0. The van der Waals surface area contributed by atoms with Gasteiger partial charge >= 0.3 is 0 Å². The van der Waals surface area contributed by atoms with E-state index in [9.17, 15) is 14.9 Å². The van der Waals surface area contributed by atoms with Crippen LogP contribution < -0.4 is 0 Å². The maximum Gasteiger partial charge on any atom is 0.269 e. The molecule has 0 radical (unpaired) electrons. The number of thioether (sulfide) groups is 1. The van der Waals surface area contributed by atoms with Gasteiger partial charge in [-0.05, 0) is 53.2 Å². The molecule has 0 bridgehead atoms. The number of carbonyl (C=O) groups is 1. The number of nitrogens with zero attached hydrogens (tertiary/aromatic N) is 4. The zero-order valence-corrected chi connectivity index (χ0v) is 16.9. The number of rotatable bonds is 6. The van der Waals surface area contributed by atoms with Gasteiger partial charge < -0.3 is 4.42 Å². The number of nitro groups is 1. The Morgan fingerprint density at radius 1 is 1.03 bits per heavy atom. The number of amides is 1. The molecular formula is C22H16N4O4S. The lowest BCUT2D eigenvalue weighted by molar-refractivity contribution is -0.384. The maximum atomic E-state index is 13.0. The molecule has 1 aliphatic heterocycles. The Balaban J connectivity index is 1.58. The quantitative estimate of drug-likeness (QED) is 0.243. The van der Waals surface area contributed by atoms with E-state index in [1.807, 2.05) is 36.4 Å². The highest BCUT2D eigenvalue weighted by Crippen LogP contribution is 2.33. The number of hydrogen-bond donors (Lipinski definition) is 0. The zero-order valence-electron chi connectivity index (χ0n) is 16.1. The number of hydrogen-bond acceptors (Lipinski definition) is 7. The molecule has 1 amide bonds. The van der Waals surface area contributed by atoms with Crippen molar-refractivity contribution in [1.29, 1.82) is 0 Å². The van der Waals surface area contributed by atoms with E-state index in [-0.39, 0.29) is 18.1 Å². The SMILES string of the molecule is O=C1/C(=C/c2ccccc2)S/C(=N\N=C\c2ccc([N+](=O)[O-])cc2)N1Cc1ccco1. The summed E-state index contributed by atoms with van der Waals surface area (Å²) in [5, 5.41) is 19.5. The average Bonchev–Trinajstić information content (AvgIpc) is 3.39. The van der Waals surface area contributed by atoms with E-state index in [1.165, 1.54) is 35.0 Å². The average molecular weight is 432 g/mol. The van der Waals surface area contributed by atoms with Crippen LogP contribution in [0.1, 0.15) is 16.9 Å². The van der Waals surface area contributed by atoms with Gasteiger partial charge in [-0.25, -0.2) is 0 Å². The molecule has 0 saturated carbocycles. The Kier molecular flexibility index (Phi) is 6.04. The minimum absolute atomic E-state index is 0.000669. The molecule has 1 saturated heterocycles. The standard InChI is InChI=1S/C22H16N4O4S/c27-21-20(13-16-5-2-1-3-6-16)31-22(25(21)15-19-7-4-12-30-19)24-23-14-17-8-10-18(11-9-17)26(28)29/h1-14H,15H2/b20-13-,23-14+,24-22-. The van der Waals surface area contributed by atoms with Crippen molar-refractivity contribution < 1.29 is 14.1 Å². The van der Waals surface area contributed by atoms with E-state index in [0.29, 0.717) is 21.4 Å². The summed E-state index contributed by atoms with van der Waals surface area (Å²) in [5.74, 6) is 0.441. The lowest BCUT2D eigenvalue weighted by Crippen LogP contribution is -2.28. The minimum Gasteiger partial charge on any atom is -0.467 e. The number of non-ortho nitro benzene ring substituents is 1. The first-order valence-electron chi connectivity index (χ1n) is 9.24. The van der Waals surface area contributed by atoms with E-state index in [4.69, 9.17) is 4.42 Å². The van der Waals surface area contributed by atoms with Gasteiger partial charge in [-0.2, -0.15) is 5.10 Å². The van der Waals surface area contributed by atoms with Crippen LogP contribution in [0.15, 0.2) is 92.5 Å². The van der Waals surface area contributed by atoms with E-state index < -0.39 is 4.92 Å². The molecule has 8 nitrogen and oxygen atoms in total. The summed E-state index contributed by atoms with van der Waals surface area (Å²) >= 11 is 1.23. The van der Waals surface area contributed by atoms with E-state index >= 15 is 0 Å². The van der Waals surface area contributed by atoms with Crippen molar-refractivity contribution in [3.63, 3.8) is 0 Å². The summed E-state index contributed by atoms with van der Waals surface area (Å²) in [6.45, 7) is 0.233. The van der Waals surface area contributed by atoms with Gasteiger partial charge in [-0.1, -0.05) is 30.3 Å². The summed E-state index contributed by atoms with van der Waals surface area (Å²) in [5.41, 5.74) is 1.56. The number of carbonyl (C=O) groups excluding carboxylic acids is 1. The zero-order chi connectivity index (χ0) is 21.6. The largest absolute Gasteiger partial charge is 0.467 e. The molecule has 9 heteroatoms. The summed E-state index contributed by atoms with van der Waals surface area (Å²) in [4.78, 5) is 25.3. The summed E-state index contributed by atoms with van der Waals surface area (Å²) < 4.78 is 5.38. The highest BCUT2D eigenvalue weighted by atomic mass is 32.2. The molecule has 154 valence electrons. The van der Waals surface area contributed by atoms with Crippen molar-refractivity contribution in [3.05, 3.63) is 105 Å². The summed E-state index contributed by atoms with van der Waals surface area (Å²) in [6, 6.07) is 19.0. The molecule has 2 aromatic carbocycles. The molecule has 2 heterocycles. The second-order valence-electron chi connectivity index (χ2n) is 6.47. The lowest BCUT2D eigenvalue weighted by Gasteiger charge is -2.12. The van der Waals surface area contributed by atoms with Crippen LogP contribution >= 0.6 is 11.8 Å². The van der Waals surface area contributed by atoms with Crippen LogP contribution in [0.25, 0.3) is 6.08 Å². The van der Waals surface area contributed by atoms with Crippen molar-refractivity contribution in [2.24, 2.45) is 10.2 Å². The molecular weight excluding hydrogens is 416 g/mol. The first-order chi connectivity index (χ1) is 15.1. The molecule has 31 heavy (non-hydrogen) atoms. The molecule has 4 rings (SSSR count). The van der Waals surface area contributed by atoms with Crippen LogP contribution in [0, 0.1) is 10.1 Å². The van der Waals surface area contributed by atoms with E-state index in [1.54, 1.807) is 30.5 Å². The maximum absolute atomic E-state index is 13.0. The van der Waals surface area contributed by atoms with Gasteiger partial charge in [0.1, 0.15) is 5.76 Å². The normalized spacial score (nSPS) is 16.6. The van der Waals surface area contributed by atoms with Crippen molar-refractivity contribution in [2.45, 2.75) is 6.54 Å². The third kappa shape index (κ3) is 4.96. The monoisotopic (exact) mass is 432 g/mol. The Bertz CT molecular complexity index is 1170. The van der Waals surface area contributed by atoms with E-state index in [0.717, 1.165) is 5.56 Å². The smallest absolute Gasteiger partial charge is 0.269 e. The van der Waals surface area contributed by atoms with Gasteiger partial charge in [0.05, 0.1) is 28.9 Å². The second-order valence-corrected chi connectivity index (χ2v) is 7.48. The van der Waals surface area contributed by atoms with Gasteiger partial charge in [0.25, 0.3) is 11.6 Å². The predicted octanol–water partition coefficient (Wildman–Crippen LogP) is 4.69. The first-order valence-corrected chi connectivity index (χ1v) is 10.1. The van der Waals surface area contributed by atoms with Crippen LogP contribution in [0.3, 0.4) is 0 Å². The fourth-order valence-corrected chi connectivity index (χ4v) is 3.74. The molecule has 1 fully saturated rings. The van der Waals surface area contributed by atoms with Crippen molar-refractivity contribution >= 4 is 40.8 Å². The fraction of sp³-hybridized carbons (Fsp3) is 0.0455. The summed E-state index contributed by atoms with van der Waals surface area (Å²) in [6.07, 6.45) is 4.84. The topological polar surface area (TPSA) is 101 Å². The number of nitro benzene ring substituents is 1. The Labute approximate surface area is 181 Å². The van der Waals surface area contributed by atoms with Crippen molar-refractivity contribution in [2.75, 3.05) is 0 Å². The van der Waals surface area contributed by atoms with Crippen LogP contribution in [0.2, 0.25) is 0 Å². The Hall–Kier alpha value is -3.98. The molecule has 1 aromatic heterocycles. The highest BCUT2D eigenvalue weighted by Gasteiger charge is 2.34. The highest BCUT2D eigenvalue weighted by molar-refractivity contribution is 8.18. The van der Waals surface area contributed by atoms with Gasteiger partial charge in [0.15, 0.2) is 5.17 Å². The Morgan fingerprint density at radius 3 is 2.48 bits per heavy atom. The fourth-order valence-electron chi connectivity index (χ4n) is 2.81. The second kappa shape index (κ2) is 9.23. The molecule has 3 aromatic rings. The molecule has 0 atom stereocenters. The van der Waals surface area contributed by atoms with Gasteiger partial charge in [-0.3, -0.25) is 19.8 Å². The predicted molar refractivity (Wildman–Crippen MR) is 119 cm³/mol. The molecule has 0 spiro atoms. The molecule has 0 N–H and O–H groups in total. The van der Waals surface area contributed by atoms with E-state index in [2.05, 4.69) is 10.2 Å². The van der Waals surface area contributed by atoms with Crippen LogP contribution in [0.4, 0.5) is 5.69 Å². The van der Waals surface area contributed by atoms with Gasteiger partial charge in [0, 0.05) is 12.1 Å². The number of benzene rings is 2. The lowest BCUT2D eigenvalue weighted by atomic mass is 10.2. The van der Waals surface area contributed by atoms with Crippen LogP contribution in [-0.4, -0.2) is 27.1 Å². The molecule has 0 unspecified atom stereocenters. The van der Waals surface area contributed by atoms with Crippen LogP contribution in [-0.2, 0) is 11.3 Å². The molecule has 1 aliphatic rings. The third-order valence-corrected chi connectivity index (χ3v) is 5.33. The van der Waals surface area contributed by atoms with Gasteiger partial charge in [0.2, 0.25) is 0 Å². The number of furan rings is 1. The molecule has 0 aliphatic carbocycles. The van der Waals surface area contributed by atoms with Crippen molar-refractivity contribution in [3.8, 4) is 0 Å². The van der Waals surface area contributed by atoms with Crippen molar-refractivity contribution in [1.82, 2.24) is 4.90 Å². The van der Waals surface area contributed by atoms with Crippen LogP contribution in [0.5, 0.6) is 0 Å². The number of amidine groups is 1. The van der Waals surface area contributed by atoms with Gasteiger partial charge in [-0.15, -0.1) is 5.10 Å². The minimum atomic E-state index is -0.463. The first kappa shape index (κ1) is 20.3. The third-order valence-electron chi connectivity index (χ3n) is 4.33.